The van der Waals surface area contributed by atoms with Gasteiger partial charge in [0, 0.05) is 0 Å². The van der Waals surface area contributed by atoms with E-state index < -0.39 is 0 Å². The maximum absolute atomic E-state index is 2.55. The van der Waals surface area contributed by atoms with Crippen LogP contribution in [-0.2, 0) is 0 Å². The molecule has 0 bridgehead atoms. The molecule has 2 aromatic rings. The molecule has 0 N–H and O–H groups in total. The van der Waals surface area contributed by atoms with E-state index in [1.807, 2.05) is 0 Å². The molecule has 2 aliphatic carbocycles. The normalized spacial score (nSPS) is 26.9. The maximum Gasteiger partial charge on any atom is -0.00531 e. The number of allylic oxidation sites excluding steroid dienone is 4. The van der Waals surface area contributed by atoms with Crippen LogP contribution in [0.25, 0.3) is 11.1 Å². The van der Waals surface area contributed by atoms with Gasteiger partial charge in [0.25, 0.3) is 0 Å². The van der Waals surface area contributed by atoms with Crippen molar-refractivity contribution in [1.82, 2.24) is 0 Å². The molecule has 2 aliphatic rings. The average Bonchev–Trinajstić information content (AvgIpc) is 2.80. The van der Waals surface area contributed by atoms with Gasteiger partial charge in [-0.3, -0.25) is 0 Å². The molecule has 1 saturated carbocycles. The van der Waals surface area contributed by atoms with Crippen LogP contribution in [0.4, 0.5) is 0 Å². The van der Waals surface area contributed by atoms with E-state index in [9.17, 15) is 0 Å². The summed E-state index contributed by atoms with van der Waals surface area (Å²) in [4.78, 5) is 0. The third kappa shape index (κ3) is 5.54. The van der Waals surface area contributed by atoms with Crippen LogP contribution in [0.5, 0.6) is 0 Å². The molecule has 4 rings (SSSR count). The molecular formula is C30H38. The van der Waals surface area contributed by atoms with E-state index in [0.29, 0.717) is 5.92 Å². The molecular weight excluding hydrogens is 360 g/mol. The molecule has 0 heteroatoms. The molecule has 0 heterocycles. The lowest BCUT2D eigenvalue weighted by Gasteiger charge is -2.28. The Bertz CT molecular complexity index is 829. The van der Waals surface area contributed by atoms with Gasteiger partial charge in [-0.2, -0.15) is 0 Å². The summed E-state index contributed by atoms with van der Waals surface area (Å²) in [5.41, 5.74) is 5.50. The van der Waals surface area contributed by atoms with Crippen LogP contribution in [0.2, 0.25) is 0 Å². The Hall–Kier alpha value is -2.08. The van der Waals surface area contributed by atoms with Gasteiger partial charge in [-0.05, 0) is 92.2 Å². The Labute approximate surface area is 184 Å². The molecule has 2 unspecified atom stereocenters. The topological polar surface area (TPSA) is 0 Å². The Morgan fingerprint density at radius 3 is 2.00 bits per heavy atom. The van der Waals surface area contributed by atoms with Crippen LogP contribution >= 0.6 is 0 Å². The zero-order valence-corrected chi connectivity index (χ0v) is 18.9. The zero-order chi connectivity index (χ0) is 20.8. The van der Waals surface area contributed by atoms with Gasteiger partial charge >= 0.3 is 0 Å². The van der Waals surface area contributed by atoms with Gasteiger partial charge in [0.05, 0.1) is 0 Å². The maximum atomic E-state index is 2.55. The monoisotopic (exact) mass is 398 g/mol. The first-order valence-electron chi connectivity index (χ1n) is 12.2. The molecule has 2 atom stereocenters. The lowest BCUT2D eigenvalue weighted by molar-refractivity contribution is 0.374. The fourth-order valence-electron chi connectivity index (χ4n) is 5.31. The van der Waals surface area contributed by atoms with Crippen molar-refractivity contribution in [3.05, 3.63) is 84.0 Å². The summed E-state index contributed by atoms with van der Waals surface area (Å²) in [6.45, 7) is 4.45. The lowest BCUT2D eigenvalue weighted by atomic mass is 9.78. The van der Waals surface area contributed by atoms with Crippen LogP contribution in [0.1, 0.15) is 75.3 Å². The van der Waals surface area contributed by atoms with Crippen molar-refractivity contribution in [2.24, 2.45) is 17.8 Å². The summed E-state index contributed by atoms with van der Waals surface area (Å²) in [5.74, 6) is 3.05. The fraction of sp³-hybridized carbons (Fsp3) is 0.467. The molecule has 0 aliphatic heterocycles. The predicted molar refractivity (Wildman–Crippen MR) is 131 cm³/mol. The molecule has 2 aromatic carbocycles. The highest BCUT2D eigenvalue weighted by Crippen LogP contribution is 2.37. The van der Waals surface area contributed by atoms with E-state index in [2.05, 4.69) is 86.7 Å². The number of hydrogen-bond acceptors (Lipinski definition) is 0. The minimum Gasteiger partial charge on any atom is -0.0848 e. The highest BCUT2D eigenvalue weighted by Gasteiger charge is 2.21. The largest absolute Gasteiger partial charge is 0.0848 e. The van der Waals surface area contributed by atoms with Crippen LogP contribution in [-0.4, -0.2) is 0 Å². The summed E-state index contributed by atoms with van der Waals surface area (Å²) in [6.07, 6.45) is 20.8. The Balaban J connectivity index is 1.27. The lowest BCUT2D eigenvalue weighted by Crippen LogP contribution is -2.12. The second-order valence-electron chi connectivity index (χ2n) is 9.66. The Morgan fingerprint density at radius 2 is 1.40 bits per heavy atom. The minimum absolute atomic E-state index is 0.685. The van der Waals surface area contributed by atoms with E-state index in [-0.39, 0.29) is 0 Å². The van der Waals surface area contributed by atoms with Crippen molar-refractivity contribution in [2.45, 2.75) is 71.1 Å². The van der Waals surface area contributed by atoms with E-state index in [4.69, 9.17) is 0 Å². The number of hydrogen-bond donors (Lipinski definition) is 0. The smallest absolute Gasteiger partial charge is 0.00531 e. The molecule has 0 radical (unpaired) electrons. The molecule has 1 fully saturated rings. The Kier molecular flexibility index (Phi) is 7.26. The van der Waals surface area contributed by atoms with Crippen LogP contribution in [0.15, 0.2) is 72.8 Å². The van der Waals surface area contributed by atoms with Gasteiger partial charge in [-0.1, -0.05) is 91.7 Å². The van der Waals surface area contributed by atoms with Crippen molar-refractivity contribution in [2.75, 3.05) is 0 Å². The molecule has 30 heavy (non-hydrogen) atoms. The second kappa shape index (κ2) is 10.3. The van der Waals surface area contributed by atoms with E-state index >= 15 is 0 Å². The van der Waals surface area contributed by atoms with Crippen molar-refractivity contribution < 1.29 is 0 Å². The molecule has 0 aromatic heterocycles. The highest BCUT2D eigenvalue weighted by molar-refractivity contribution is 5.64. The van der Waals surface area contributed by atoms with E-state index in [1.54, 1.807) is 0 Å². The molecule has 0 nitrogen and oxygen atoms in total. The summed E-state index contributed by atoms with van der Waals surface area (Å²) < 4.78 is 0. The van der Waals surface area contributed by atoms with Crippen LogP contribution in [0, 0.1) is 24.7 Å². The van der Waals surface area contributed by atoms with Gasteiger partial charge in [0.15, 0.2) is 0 Å². The third-order valence-corrected chi connectivity index (χ3v) is 7.33. The van der Waals surface area contributed by atoms with Crippen molar-refractivity contribution in [1.29, 1.82) is 0 Å². The van der Waals surface area contributed by atoms with Crippen molar-refractivity contribution in [3.8, 4) is 11.1 Å². The fourth-order valence-corrected chi connectivity index (χ4v) is 5.31. The molecule has 0 amide bonds. The van der Waals surface area contributed by atoms with Gasteiger partial charge in [-0.25, -0.2) is 0 Å². The van der Waals surface area contributed by atoms with E-state index in [0.717, 1.165) is 17.8 Å². The van der Waals surface area contributed by atoms with Gasteiger partial charge in [0.2, 0.25) is 0 Å². The zero-order valence-electron chi connectivity index (χ0n) is 18.9. The highest BCUT2D eigenvalue weighted by atomic mass is 14.3. The minimum atomic E-state index is 0.685. The SMILES string of the molecule is CCCC1C=CC(C=CC2CCC(c3ccc(-c4ccc(C)cc4)cc3)CC2)CC1. The number of aryl methyl sites for hydroxylation is 1. The molecule has 0 saturated heterocycles. The second-order valence-corrected chi connectivity index (χ2v) is 9.66. The summed E-state index contributed by atoms with van der Waals surface area (Å²) in [7, 11) is 0. The third-order valence-electron chi connectivity index (χ3n) is 7.33. The van der Waals surface area contributed by atoms with Gasteiger partial charge in [-0.15, -0.1) is 0 Å². The first-order valence-corrected chi connectivity index (χ1v) is 12.2. The standard InChI is InChI=1S/C30H38/c1-3-4-24-7-9-25(10-8-24)11-12-26-13-17-28(18-14-26)30-21-19-29(20-22-30)27-15-5-23(2)6-16-27/h5-7,9,11-12,15-16,19-22,24-26,28H,3-4,8,10,13-14,17-18H2,1-2H3. The number of rotatable bonds is 6. The van der Waals surface area contributed by atoms with Crippen molar-refractivity contribution in [3.63, 3.8) is 0 Å². The van der Waals surface area contributed by atoms with Crippen molar-refractivity contribution >= 4 is 0 Å². The van der Waals surface area contributed by atoms with Gasteiger partial charge in [0.1, 0.15) is 0 Å². The molecule has 0 spiro atoms. The summed E-state index contributed by atoms with van der Waals surface area (Å²) in [6, 6.07) is 18.2. The predicted octanol–water partition coefficient (Wildman–Crippen LogP) is 8.87. The van der Waals surface area contributed by atoms with Crippen LogP contribution in [0.3, 0.4) is 0 Å². The Morgan fingerprint density at radius 1 is 0.733 bits per heavy atom. The average molecular weight is 399 g/mol. The summed E-state index contributed by atoms with van der Waals surface area (Å²) in [5, 5.41) is 0. The van der Waals surface area contributed by atoms with E-state index in [1.165, 1.54) is 73.6 Å². The first kappa shape index (κ1) is 21.2. The van der Waals surface area contributed by atoms with Crippen LogP contribution < -0.4 is 0 Å². The quantitative estimate of drug-likeness (QED) is 0.426. The first-order chi connectivity index (χ1) is 14.7. The number of benzene rings is 2. The summed E-state index contributed by atoms with van der Waals surface area (Å²) >= 11 is 0. The molecule has 158 valence electrons. The van der Waals surface area contributed by atoms with Gasteiger partial charge < -0.3 is 0 Å².